The summed E-state index contributed by atoms with van der Waals surface area (Å²) in [6.07, 6.45) is -0.878. The van der Waals surface area contributed by atoms with E-state index in [1.54, 1.807) is 18.2 Å². The third-order valence-electron chi connectivity index (χ3n) is 3.65. The van der Waals surface area contributed by atoms with Crippen LogP contribution in [0.15, 0.2) is 36.4 Å². The summed E-state index contributed by atoms with van der Waals surface area (Å²) in [5.41, 5.74) is 3.03. The summed E-state index contributed by atoms with van der Waals surface area (Å²) in [6.45, 7) is 6.53. The Labute approximate surface area is 147 Å². The molecule has 6 nitrogen and oxygen atoms in total. The Hall–Kier alpha value is -2.73. The highest BCUT2D eigenvalue weighted by molar-refractivity contribution is 5.86. The van der Waals surface area contributed by atoms with E-state index in [2.05, 4.69) is 4.74 Å². The summed E-state index contributed by atoms with van der Waals surface area (Å²) in [6, 6.07) is 10.9. The van der Waals surface area contributed by atoms with Gasteiger partial charge in [-0.05, 0) is 50.6 Å². The van der Waals surface area contributed by atoms with E-state index in [1.165, 1.54) is 7.11 Å². The second-order valence-electron chi connectivity index (χ2n) is 5.56. The van der Waals surface area contributed by atoms with Gasteiger partial charge in [-0.15, -0.1) is 0 Å². The van der Waals surface area contributed by atoms with Crippen LogP contribution in [0.3, 0.4) is 0 Å². The third kappa shape index (κ3) is 4.64. The lowest BCUT2D eigenvalue weighted by Gasteiger charge is -2.19. The molecule has 0 aliphatic heterocycles. The molecule has 0 heterocycles. The van der Waals surface area contributed by atoms with Crippen LogP contribution in [0.2, 0.25) is 0 Å². The largest absolute Gasteiger partial charge is 0.494 e. The highest BCUT2D eigenvalue weighted by Crippen LogP contribution is 2.28. The topological polar surface area (TPSA) is 68.2 Å². The molecule has 0 aliphatic carbocycles. The van der Waals surface area contributed by atoms with Gasteiger partial charge in [0.05, 0.1) is 19.4 Å². The third-order valence-corrected chi connectivity index (χ3v) is 3.65. The standard InChI is InChI=1S/C19H23NO5/c1-5-24-16-7-8-17(20(22)19(21)23-4)15(11-16)12-25-18-9-6-13(2)10-14(18)3/h6-11,22H,5,12H2,1-4H3. The van der Waals surface area contributed by atoms with Crippen molar-refractivity contribution in [2.24, 2.45) is 0 Å². The van der Waals surface area contributed by atoms with Gasteiger partial charge in [-0.2, -0.15) is 5.06 Å². The second-order valence-corrected chi connectivity index (χ2v) is 5.56. The molecule has 0 unspecified atom stereocenters. The minimum atomic E-state index is -0.878. The van der Waals surface area contributed by atoms with Gasteiger partial charge in [0.25, 0.3) is 0 Å². The Bertz CT molecular complexity index is 745. The van der Waals surface area contributed by atoms with Gasteiger partial charge in [0.2, 0.25) is 0 Å². The fourth-order valence-electron chi connectivity index (χ4n) is 2.44. The minimum Gasteiger partial charge on any atom is -0.494 e. The molecule has 0 bridgehead atoms. The molecular weight excluding hydrogens is 322 g/mol. The Kier molecular flexibility index (Phi) is 6.25. The van der Waals surface area contributed by atoms with Crippen molar-refractivity contribution in [3.63, 3.8) is 0 Å². The number of methoxy groups -OCH3 is 1. The van der Waals surface area contributed by atoms with Gasteiger partial charge in [0.15, 0.2) is 0 Å². The van der Waals surface area contributed by atoms with E-state index in [9.17, 15) is 10.0 Å². The van der Waals surface area contributed by atoms with Crippen LogP contribution in [0.4, 0.5) is 10.5 Å². The van der Waals surface area contributed by atoms with Crippen LogP contribution < -0.4 is 14.5 Å². The number of carbonyl (C=O) groups is 1. The van der Waals surface area contributed by atoms with Crippen molar-refractivity contribution in [1.29, 1.82) is 0 Å². The van der Waals surface area contributed by atoms with Crippen LogP contribution >= 0.6 is 0 Å². The predicted molar refractivity (Wildman–Crippen MR) is 94.5 cm³/mol. The van der Waals surface area contributed by atoms with Gasteiger partial charge >= 0.3 is 6.09 Å². The summed E-state index contributed by atoms with van der Waals surface area (Å²) in [7, 11) is 1.20. The Morgan fingerprint density at radius 3 is 2.52 bits per heavy atom. The van der Waals surface area contributed by atoms with Gasteiger partial charge in [-0.1, -0.05) is 17.7 Å². The molecule has 0 spiro atoms. The highest BCUT2D eigenvalue weighted by Gasteiger charge is 2.18. The number of hydrogen-bond donors (Lipinski definition) is 1. The zero-order chi connectivity index (χ0) is 18.4. The smallest absolute Gasteiger partial charge is 0.438 e. The second kappa shape index (κ2) is 8.39. The summed E-state index contributed by atoms with van der Waals surface area (Å²) in [4.78, 5) is 11.6. The molecule has 134 valence electrons. The normalized spacial score (nSPS) is 10.3. The van der Waals surface area contributed by atoms with E-state index < -0.39 is 6.09 Å². The lowest BCUT2D eigenvalue weighted by atomic mass is 10.1. The van der Waals surface area contributed by atoms with Crippen LogP contribution in [0, 0.1) is 13.8 Å². The number of hydrogen-bond acceptors (Lipinski definition) is 5. The molecule has 1 N–H and O–H groups in total. The Morgan fingerprint density at radius 1 is 1.12 bits per heavy atom. The molecule has 0 saturated carbocycles. The van der Waals surface area contributed by atoms with Crippen molar-refractivity contribution in [2.75, 3.05) is 18.8 Å². The molecule has 1 amide bonds. The Balaban J connectivity index is 2.28. The average Bonchev–Trinajstić information content (AvgIpc) is 2.60. The van der Waals surface area contributed by atoms with Gasteiger partial charge in [-0.3, -0.25) is 5.21 Å². The number of nitrogens with zero attached hydrogens (tertiary/aromatic N) is 1. The van der Waals surface area contributed by atoms with Gasteiger partial charge in [0.1, 0.15) is 18.1 Å². The zero-order valence-electron chi connectivity index (χ0n) is 14.9. The quantitative estimate of drug-likeness (QED) is 0.626. The predicted octanol–water partition coefficient (Wildman–Crippen LogP) is 4.24. The van der Waals surface area contributed by atoms with Crippen molar-refractivity contribution in [1.82, 2.24) is 0 Å². The summed E-state index contributed by atoms with van der Waals surface area (Å²) >= 11 is 0. The van der Waals surface area contributed by atoms with Crippen LogP contribution in [0.25, 0.3) is 0 Å². The maximum atomic E-state index is 11.6. The molecule has 0 atom stereocenters. The zero-order valence-corrected chi connectivity index (χ0v) is 14.9. The van der Waals surface area contributed by atoms with E-state index >= 15 is 0 Å². The van der Waals surface area contributed by atoms with Crippen molar-refractivity contribution in [3.8, 4) is 11.5 Å². The SMILES string of the molecule is CCOc1ccc(N(O)C(=O)OC)c(COc2ccc(C)cc2C)c1. The molecule has 0 fully saturated rings. The van der Waals surface area contributed by atoms with E-state index in [-0.39, 0.29) is 12.3 Å². The number of amides is 1. The highest BCUT2D eigenvalue weighted by atomic mass is 16.6. The molecule has 2 aromatic rings. The number of aryl methyl sites for hydroxylation is 2. The molecule has 25 heavy (non-hydrogen) atoms. The van der Waals surface area contributed by atoms with E-state index in [1.807, 2.05) is 39.0 Å². The van der Waals surface area contributed by atoms with E-state index in [0.29, 0.717) is 23.0 Å². The maximum Gasteiger partial charge on any atom is 0.438 e. The van der Waals surface area contributed by atoms with Crippen LogP contribution in [-0.4, -0.2) is 25.0 Å². The van der Waals surface area contributed by atoms with Gasteiger partial charge < -0.3 is 14.2 Å². The molecule has 0 radical (unpaired) electrons. The number of carbonyl (C=O) groups excluding carboxylic acids is 1. The first-order chi connectivity index (χ1) is 12.0. The molecule has 6 heteroatoms. The number of benzene rings is 2. The van der Waals surface area contributed by atoms with Crippen molar-refractivity contribution in [3.05, 3.63) is 53.1 Å². The number of hydroxylamine groups is 1. The van der Waals surface area contributed by atoms with Crippen LogP contribution in [-0.2, 0) is 11.3 Å². The minimum absolute atomic E-state index is 0.161. The van der Waals surface area contributed by atoms with Crippen molar-refractivity contribution >= 4 is 11.8 Å². The first-order valence-electron chi connectivity index (χ1n) is 7.99. The molecular formula is C19H23NO5. The Morgan fingerprint density at radius 2 is 1.88 bits per heavy atom. The molecule has 0 aliphatic rings. The molecule has 0 aromatic heterocycles. The van der Waals surface area contributed by atoms with Crippen molar-refractivity contribution < 1.29 is 24.2 Å². The maximum absolute atomic E-state index is 11.6. The number of ether oxygens (including phenoxy) is 3. The first kappa shape index (κ1) is 18.6. The molecule has 0 saturated heterocycles. The fraction of sp³-hybridized carbons (Fsp3) is 0.316. The fourth-order valence-corrected chi connectivity index (χ4v) is 2.44. The lowest BCUT2D eigenvalue weighted by Crippen LogP contribution is -2.27. The van der Waals surface area contributed by atoms with Crippen molar-refractivity contribution in [2.45, 2.75) is 27.4 Å². The van der Waals surface area contributed by atoms with Gasteiger partial charge in [-0.25, -0.2) is 4.79 Å². The number of anilines is 1. The lowest BCUT2D eigenvalue weighted by molar-refractivity contribution is 0.140. The molecule has 2 aromatic carbocycles. The van der Waals surface area contributed by atoms with E-state index in [0.717, 1.165) is 16.9 Å². The van der Waals surface area contributed by atoms with Gasteiger partial charge in [0, 0.05) is 5.56 Å². The number of rotatable bonds is 6. The molecule has 2 rings (SSSR count). The van der Waals surface area contributed by atoms with E-state index in [4.69, 9.17) is 9.47 Å². The average molecular weight is 345 g/mol. The van der Waals surface area contributed by atoms with Crippen LogP contribution in [0.5, 0.6) is 11.5 Å². The summed E-state index contributed by atoms with van der Waals surface area (Å²) in [5, 5.41) is 10.5. The summed E-state index contributed by atoms with van der Waals surface area (Å²) < 4.78 is 15.9. The first-order valence-corrected chi connectivity index (χ1v) is 7.99. The monoisotopic (exact) mass is 345 g/mol. The summed E-state index contributed by atoms with van der Waals surface area (Å²) in [5.74, 6) is 1.37. The van der Waals surface area contributed by atoms with Crippen LogP contribution in [0.1, 0.15) is 23.6 Å².